The van der Waals surface area contributed by atoms with Crippen molar-refractivity contribution in [2.75, 3.05) is 13.1 Å². The third-order valence-electron chi connectivity index (χ3n) is 5.85. The summed E-state index contributed by atoms with van der Waals surface area (Å²) in [5.74, 6) is 1.60. The number of hydrogen-bond acceptors (Lipinski definition) is 4. The average molecular weight is 404 g/mol. The molecule has 0 aliphatic carbocycles. The molecule has 1 saturated heterocycles. The molecule has 4 rings (SSSR count). The first kappa shape index (κ1) is 20.3. The van der Waals surface area contributed by atoms with E-state index in [-0.39, 0.29) is 17.2 Å². The molecule has 0 saturated carbocycles. The molecule has 1 aliphatic rings. The predicted octanol–water partition coefficient (Wildman–Crippen LogP) is 5.36. The van der Waals surface area contributed by atoms with Crippen LogP contribution >= 0.6 is 0 Å². The average Bonchev–Trinajstić information content (AvgIpc) is 3.23. The van der Waals surface area contributed by atoms with Gasteiger partial charge in [0.1, 0.15) is 0 Å². The van der Waals surface area contributed by atoms with Gasteiger partial charge in [0.15, 0.2) is 0 Å². The van der Waals surface area contributed by atoms with E-state index in [0.717, 1.165) is 24.0 Å². The number of aromatic nitrogens is 2. The molecule has 5 heteroatoms. The fourth-order valence-electron chi connectivity index (χ4n) is 3.93. The second-order valence-corrected chi connectivity index (χ2v) is 9.22. The van der Waals surface area contributed by atoms with Gasteiger partial charge in [-0.2, -0.15) is 4.98 Å². The van der Waals surface area contributed by atoms with Gasteiger partial charge in [-0.25, -0.2) is 0 Å². The lowest BCUT2D eigenvalue weighted by Crippen LogP contribution is -2.38. The van der Waals surface area contributed by atoms with Crippen LogP contribution in [0.1, 0.15) is 66.9 Å². The van der Waals surface area contributed by atoms with Crippen LogP contribution in [0.15, 0.2) is 53.1 Å². The summed E-state index contributed by atoms with van der Waals surface area (Å²) in [7, 11) is 0. The van der Waals surface area contributed by atoms with Crippen molar-refractivity contribution in [1.82, 2.24) is 15.0 Å². The zero-order chi connectivity index (χ0) is 21.3. The number of benzene rings is 2. The van der Waals surface area contributed by atoms with Crippen molar-refractivity contribution in [3.63, 3.8) is 0 Å². The molecule has 2 aromatic carbocycles. The molecule has 1 aromatic heterocycles. The molecule has 0 N–H and O–H groups in total. The summed E-state index contributed by atoms with van der Waals surface area (Å²) in [6.07, 6.45) is 1.67. The number of rotatable bonds is 3. The van der Waals surface area contributed by atoms with Crippen molar-refractivity contribution < 1.29 is 9.32 Å². The lowest BCUT2D eigenvalue weighted by atomic mass is 9.86. The number of likely N-dealkylation sites (tertiary alicyclic amines) is 1. The van der Waals surface area contributed by atoms with Gasteiger partial charge < -0.3 is 9.42 Å². The number of carbonyl (C=O) groups excluding carboxylic acids is 1. The van der Waals surface area contributed by atoms with E-state index in [4.69, 9.17) is 4.52 Å². The van der Waals surface area contributed by atoms with E-state index in [0.29, 0.717) is 24.8 Å². The Bertz CT molecular complexity index is 1020. The van der Waals surface area contributed by atoms with Crippen molar-refractivity contribution in [2.45, 2.75) is 51.9 Å². The molecule has 0 bridgehead atoms. The normalized spacial score (nSPS) is 15.4. The molecule has 1 fully saturated rings. The summed E-state index contributed by atoms with van der Waals surface area (Å²) in [6, 6.07) is 16.1. The van der Waals surface area contributed by atoms with Crippen LogP contribution in [0.5, 0.6) is 0 Å². The van der Waals surface area contributed by atoms with Crippen LogP contribution in [-0.4, -0.2) is 34.0 Å². The van der Waals surface area contributed by atoms with Crippen LogP contribution in [0.2, 0.25) is 0 Å². The highest BCUT2D eigenvalue weighted by molar-refractivity contribution is 5.94. The minimum atomic E-state index is 0.0846. The first-order valence-corrected chi connectivity index (χ1v) is 10.6. The second-order valence-electron chi connectivity index (χ2n) is 9.22. The zero-order valence-electron chi connectivity index (χ0n) is 18.2. The lowest BCUT2D eigenvalue weighted by Gasteiger charge is -2.30. The van der Waals surface area contributed by atoms with E-state index in [1.165, 1.54) is 11.1 Å². The highest BCUT2D eigenvalue weighted by Gasteiger charge is 2.28. The molecule has 5 nitrogen and oxygen atoms in total. The van der Waals surface area contributed by atoms with Crippen LogP contribution < -0.4 is 0 Å². The highest BCUT2D eigenvalue weighted by atomic mass is 16.5. The zero-order valence-corrected chi connectivity index (χ0v) is 18.2. The molecule has 0 unspecified atom stereocenters. The summed E-state index contributed by atoms with van der Waals surface area (Å²) in [5.41, 5.74) is 4.21. The third-order valence-corrected chi connectivity index (χ3v) is 5.85. The monoisotopic (exact) mass is 403 g/mol. The van der Waals surface area contributed by atoms with E-state index in [1.54, 1.807) is 0 Å². The number of hydrogen-bond donors (Lipinski definition) is 0. The third kappa shape index (κ3) is 4.30. The fourth-order valence-corrected chi connectivity index (χ4v) is 3.93. The van der Waals surface area contributed by atoms with Crippen LogP contribution in [0.4, 0.5) is 0 Å². The molecular formula is C25H29N3O2. The second kappa shape index (κ2) is 8.05. The number of piperidine rings is 1. The number of amides is 1. The molecule has 156 valence electrons. The number of nitrogens with zero attached hydrogens (tertiary/aromatic N) is 3. The van der Waals surface area contributed by atoms with E-state index in [1.807, 2.05) is 42.2 Å². The Morgan fingerprint density at radius 2 is 1.77 bits per heavy atom. The van der Waals surface area contributed by atoms with Crippen LogP contribution in [-0.2, 0) is 5.41 Å². The maximum atomic E-state index is 12.9. The molecule has 0 radical (unpaired) electrons. The SMILES string of the molecule is Cc1cccc(-c2noc(C3CCN(C(=O)c4ccc(C(C)(C)C)cc4)CC3)n2)c1. The van der Waals surface area contributed by atoms with E-state index < -0.39 is 0 Å². The van der Waals surface area contributed by atoms with Gasteiger partial charge in [-0.15, -0.1) is 0 Å². The molecule has 1 aliphatic heterocycles. The Hall–Kier alpha value is -2.95. The molecule has 30 heavy (non-hydrogen) atoms. The van der Waals surface area contributed by atoms with Gasteiger partial charge in [-0.3, -0.25) is 4.79 Å². The highest BCUT2D eigenvalue weighted by Crippen LogP contribution is 2.30. The summed E-state index contributed by atoms with van der Waals surface area (Å²) < 4.78 is 5.56. The Morgan fingerprint density at radius 3 is 2.40 bits per heavy atom. The van der Waals surface area contributed by atoms with Gasteiger partial charge in [0, 0.05) is 30.1 Å². The minimum Gasteiger partial charge on any atom is -0.339 e. The lowest BCUT2D eigenvalue weighted by molar-refractivity contribution is 0.0704. The van der Waals surface area contributed by atoms with Gasteiger partial charge >= 0.3 is 0 Å². The number of carbonyl (C=O) groups is 1. The van der Waals surface area contributed by atoms with Gasteiger partial charge in [0.25, 0.3) is 5.91 Å². The summed E-state index contributed by atoms with van der Waals surface area (Å²) in [6.45, 7) is 9.98. The van der Waals surface area contributed by atoms with E-state index in [2.05, 4.69) is 49.1 Å². The van der Waals surface area contributed by atoms with E-state index >= 15 is 0 Å². The van der Waals surface area contributed by atoms with Crippen molar-refractivity contribution in [3.05, 3.63) is 71.1 Å². The molecule has 2 heterocycles. The fraction of sp³-hybridized carbons (Fsp3) is 0.400. The van der Waals surface area contributed by atoms with Gasteiger partial charge in [0.2, 0.25) is 11.7 Å². The van der Waals surface area contributed by atoms with Crippen molar-refractivity contribution in [2.24, 2.45) is 0 Å². The van der Waals surface area contributed by atoms with Crippen molar-refractivity contribution in [3.8, 4) is 11.4 Å². The van der Waals surface area contributed by atoms with Gasteiger partial charge in [-0.05, 0) is 48.9 Å². The first-order valence-electron chi connectivity index (χ1n) is 10.6. The van der Waals surface area contributed by atoms with Crippen LogP contribution in [0, 0.1) is 6.92 Å². The standard InChI is InChI=1S/C25H29N3O2/c1-17-6-5-7-20(16-17)22-26-23(30-27-22)18-12-14-28(15-13-18)24(29)19-8-10-21(11-9-19)25(2,3)4/h5-11,16,18H,12-15H2,1-4H3. The molecule has 1 amide bonds. The Labute approximate surface area is 178 Å². The summed E-state index contributed by atoms with van der Waals surface area (Å²) in [4.78, 5) is 19.5. The maximum absolute atomic E-state index is 12.9. The van der Waals surface area contributed by atoms with Crippen molar-refractivity contribution in [1.29, 1.82) is 0 Å². The maximum Gasteiger partial charge on any atom is 0.253 e. The molecule has 0 spiro atoms. The van der Waals surface area contributed by atoms with Gasteiger partial charge in [0.05, 0.1) is 0 Å². The van der Waals surface area contributed by atoms with E-state index in [9.17, 15) is 4.79 Å². The van der Waals surface area contributed by atoms with Gasteiger partial charge in [-0.1, -0.05) is 61.8 Å². The minimum absolute atomic E-state index is 0.0846. The Kier molecular flexibility index (Phi) is 5.46. The summed E-state index contributed by atoms with van der Waals surface area (Å²) >= 11 is 0. The topological polar surface area (TPSA) is 59.2 Å². The predicted molar refractivity (Wildman–Crippen MR) is 117 cm³/mol. The van der Waals surface area contributed by atoms with Crippen molar-refractivity contribution >= 4 is 5.91 Å². The van der Waals surface area contributed by atoms with Crippen LogP contribution in [0.25, 0.3) is 11.4 Å². The largest absolute Gasteiger partial charge is 0.339 e. The number of aryl methyl sites for hydroxylation is 1. The Morgan fingerprint density at radius 1 is 1.07 bits per heavy atom. The Balaban J connectivity index is 1.39. The summed E-state index contributed by atoms with van der Waals surface area (Å²) in [5, 5.41) is 4.17. The quantitative estimate of drug-likeness (QED) is 0.590. The molecular weight excluding hydrogens is 374 g/mol. The van der Waals surface area contributed by atoms with Crippen LogP contribution in [0.3, 0.4) is 0 Å². The molecule has 3 aromatic rings. The first-order chi connectivity index (χ1) is 14.3. The smallest absolute Gasteiger partial charge is 0.253 e. The molecule has 0 atom stereocenters.